The van der Waals surface area contributed by atoms with Crippen molar-refractivity contribution in [3.05, 3.63) is 58.9 Å². The van der Waals surface area contributed by atoms with Crippen molar-refractivity contribution in [2.45, 2.75) is 13.3 Å². The first-order valence-corrected chi connectivity index (χ1v) is 5.58. The number of benzene rings is 1. The maximum Gasteiger partial charge on any atom is 0.309 e. The first-order chi connectivity index (χ1) is 8.58. The fourth-order valence-electron chi connectivity index (χ4n) is 1.86. The van der Waals surface area contributed by atoms with Gasteiger partial charge in [0, 0.05) is 11.3 Å². The summed E-state index contributed by atoms with van der Waals surface area (Å²) in [4.78, 5) is 25.7. The number of aromatic nitrogens is 1. The van der Waals surface area contributed by atoms with Gasteiger partial charge in [0.1, 0.15) is 0 Å². The number of nitrogens with one attached hydrogen (secondary N) is 1. The number of rotatable bonds is 4. The van der Waals surface area contributed by atoms with Gasteiger partial charge >= 0.3 is 5.97 Å². The Morgan fingerprint density at radius 2 is 1.89 bits per heavy atom. The highest BCUT2D eigenvalue weighted by atomic mass is 16.4. The summed E-state index contributed by atoms with van der Waals surface area (Å²) in [6, 6.07) is 10.6. The van der Waals surface area contributed by atoms with E-state index in [1.807, 2.05) is 6.07 Å². The summed E-state index contributed by atoms with van der Waals surface area (Å²) in [5, 5.41) is 8.72. The number of aryl methyl sites for hydroxylation is 1. The largest absolute Gasteiger partial charge is 0.481 e. The highest BCUT2D eigenvalue weighted by Gasteiger charge is 2.15. The second-order valence-electron chi connectivity index (χ2n) is 4.12. The van der Waals surface area contributed by atoms with Crippen LogP contribution in [0.2, 0.25) is 0 Å². The smallest absolute Gasteiger partial charge is 0.309 e. The Morgan fingerprint density at radius 3 is 2.50 bits per heavy atom. The van der Waals surface area contributed by atoms with Crippen LogP contribution in [0.25, 0.3) is 0 Å². The third-order valence-electron chi connectivity index (χ3n) is 2.68. The molecule has 0 aliphatic carbocycles. The van der Waals surface area contributed by atoms with Crippen LogP contribution in [0.15, 0.2) is 36.4 Å². The molecule has 0 aliphatic rings. The maximum atomic E-state index is 12.2. The Bertz CT molecular complexity index is 584. The Balaban J connectivity index is 2.31. The molecule has 0 radical (unpaired) electrons. The van der Waals surface area contributed by atoms with Crippen LogP contribution in [0.3, 0.4) is 0 Å². The number of H-pyrrole nitrogens is 1. The van der Waals surface area contributed by atoms with Crippen LogP contribution in [0.5, 0.6) is 0 Å². The second-order valence-corrected chi connectivity index (χ2v) is 4.12. The molecule has 0 bridgehead atoms. The molecule has 2 rings (SSSR count). The number of carboxylic acid groups (broad SMARTS) is 1. The Kier molecular flexibility index (Phi) is 3.28. The molecule has 4 nitrogen and oxygen atoms in total. The molecule has 92 valence electrons. The number of ketones is 1. The minimum Gasteiger partial charge on any atom is -0.481 e. The van der Waals surface area contributed by atoms with Gasteiger partial charge in [-0.15, -0.1) is 0 Å². The van der Waals surface area contributed by atoms with Gasteiger partial charge in [0.05, 0.1) is 12.1 Å². The van der Waals surface area contributed by atoms with Gasteiger partial charge in [-0.1, -0.05) is 30.3 Å². The molecule has 0 aliphatic heterocycles. The number of carbonyl (C=O) groups excluding carboxylic acids is 1. The average molecular weight is 243 g/mol. The average Bonchev–Trinajstić information content (AvgIpc) is 2.69. The van der Waals surface area contributed by atoms with Gasteiger partial charge in [0.15, 0.2) is 0 Å². The molecule has 1 aromatic heterocycles. The lowest BCUT2D eigenvalue weighted by atomic mass is 10.1. The van der Waals surface area contributed by atoms with Crippen LogP contribution >= 0.6 is 0 Å². The van der Waals surface area contributed by atoms with E-state index >= 15 is 0 Å². The lowest BCUT2D eigenvalue weighted by molar-refractivity contribution is -0.136. The van der Waals surface area contributed by atoms with Crippen molar-refractivity contribution in [3.8, 4) is 0 Å². The van der Waals surface area contributed by atoms with Gasteiger partial charge in [-0.2, -0.15) is 0 Å². The summed E-state index contributed by atoms with van der Waals surface area (Å²) in [7, 11) is 0. The van der Waals surface area contributed by atoms with Crippen LogP contribution < -0.4 is 0 Å². The summed E-state index contributed by atoms with van der Waals surface area (Å²) < 4.78 is 0. The summed E-state index contributed by atoms with van der Waals surface area (Å²) in [5.41, 5.74) is 2.35. The number of hydrogen-bond donors (Lipinski definition) is 2. The first-order valence-electron chi connectivity index (χ1n) is 5.58. The van der Waals surface area contributed by atoms with Gasteiger partial charge in [-0.25, -0.2) is 0 Å². The van der Waals surface area contributed by atoms with Gasteiger partial charge in [-0.05, 0) is 18.6 Å². The topological polar surface area (TPSA) is 70.2 Å². The predicted octanol–water partition coefficient (Wildman–Crippen LogP) is 2.18. The van der Waals surface area contributed by atoms with E-state index in [-0.39, 0.29) is 12.2 Å². The van der Waals surface area contributed by atoms with Gasteiger partial charge in [0.25, 0.3) is 0 Å². The minimum absolute atomic E-state index is 0.108. The van der Waals surface area contributed by atoms with E-state index in [9.17, 15) is 9.59 Å². The van der Waals surface area contributed by atoms with Crippen molar-refractivity contribution in [2.24, 2.45) is 0 Å². The maximum absolute atomic E-state index is 12.2. The SMILES string of the molecule is Cc1cc(CC(=O)O)[nH]c1C(=O)c1ccccc1. The van der Waals surface area contributed by atoms with Crippen molar-refractivity contribution in [3.63, 3.8) is 0 Å². The highest BCUT2D eigenvalue weighted by Crippen LogP contribution is 2.15. The molecule has 4 heteroatoms. The molecule has 0 atom stereocenters. The quantitative estimate of drug-likeness (QED) is 0.808. The third kappa shape index (κ3) is 2.48. The van der Waals surface area contributed by atoms with Gasteiger partial charge in [0.2, 0.25) is 5.78 Å². The van der Waals surface area contributed by atoms with Gasteiger partial charge in [-0.3, -0.25) is 9.59 Å². The lowest BCUT2D eigenvalue weighted by Crippen LogP contribution is -2.04. The first kappa shape index (κ1) is 12.1. The van der Waals surface area contributed by atoms with Crippen molar-refractivity contribution in [1.82, 2.24) is 4.98 Å². The summed E-state index contributed by atoms with van der Waals surface area (Å²) >= 11 is 0. The van der Waals surface area contributed by atoms with Crippen LogP contribution in [0, 0.1) is 6.92 Å². The van der Waals surface area contributed by atoms with Crippen LogP contribution in [0.4, 0.5) is 0 Å². The zero-order valence-corrected chi connectivity index (χ0v) is 9.93. The normalized spacial score (nSPS) is 10.3. The molecule has 18 heavy (non-hydrogen) atoms. The lowest BCUT2D eigenvalue weighted by Gasteiger charge is -1.99. The molecule has 0 saturated carbocycles. The van der Waals surface area contributed by atoms with Crippen LogP contribution in [-0.2, 0) is 11.2 Å². The fraction of sp³-hybridized carbons (Fsp3) is 0.143. The summed E-state index contributed by atoms with van der Waals surface area (Å²) in [6.45, 7) is 1.79. The summed E-state index contributed by atoms with van der Waals surface area (Å²) in [6.07, 6.45) is -0.108. The van der Waals surface area contributed by atoms with E-state index in [1.54, 1.807) is 37.3 Å². The number of aliphatic carboxylic acids is 1. The van der Waals surface area contributed by atoms with Crippen LogP contribution in [0.1, 0.15) is 27.3 Å². The van der Waals surface area contributed by atoms with Crippen molar-refractivity contribution in [1.29, 1.82) is 0 Å². The number of carbonyl (C=O) groups is 2. The van der Waals surface area contributed by atoms with Gasteiger partial charge < -0.3 is 10.1 Å². The molecular weight excluding hydrogens is 230 g/mol. The van der Waals surface area contributed by atoms with Crippen molar-refractivity contribution in [2.75, 3.05) is 0 Å². The molecule has 1 heterocycles. The van der Waals surface area contributed by atoms with Crippen molar-refractivity contribution >= 4 is 11.8 Å². The number of carboxylic acids is 1. The second kappa shape index (κ2) is 4.87. The fourth-order valence-corrected chi connectivity index (χ4v) is 1.86. The molecule has 1 aromatic carbocycles. The molecule has 0 fully saturated rings. The molecule has 2 N–H and O–H groups in total. The predicted molar refractivity (Wildman–Crippen MR) is 66.7 cm³/mol. The Hall–Kier alpha value is -2.36. The van der Waals surface area contributed by atoms with E-state index in [2.05, 4.69) is 4.98 Å². The number of aromatic amines is 1. The molecule has 0 spiro atoms. The van der Waals surface area contributed by atoms with E-state index in [0.717, 1.165) is 5.56 Å². The highest BCUT2D eigenvalue weighted by molar-refractivity contribution is 6.08. The standard InChI is InChI=1S/C14H13NO3/c1-9-7-11(8-12(16)17)15-13(9)14(18)10-5-3-2-4-6-10/h2-7,15H,8H2,1H3,(H,16,17). The molecule has 0 unspecified atom stereocenters. The van der Waals surface area contributed by atoms with E-state index in [1.165, 1.54) is 0 Å². The summed E-state index contributed by atoms with van der Waals surface area (Å²) in [5.74, 6) is -1.04. The van der Waals surface area contributed by atoms with Crippen LogP contribution in [-0.4, -0.2) is 21.8 Å². The zero-order chi connectivity index (χ0) is 13.1. The van der Waals surface area contributed by atoms with Crippen molar-refractivity contribution < 1.29 is 14.7 Å². The van der Waals surface area contributed by atoms with E-state index in [0.29, 0.717) is 17.0 Å². The number of hydrogen-bond acceptors (Lipinski definition) is 2. The third-order valence-corrected chi connectivity index (χ3v) is 2.68. The van der Waals surface area contributed by atoms with E-state index < -0.39 is 5.97 Å². The Labute approximate surface area is 104 Å². The molecule has 0 saturated heterocycles. The molecule has 2 aromatic rings. The molecular formula is C14H13NO3. The Morgan fingerprint density at radius 1 is 1.22 bits per heavy atom. The van der Waals surface area contributed by atoms with E-state index in [4.69, 9.17) is 5.11 Å². The molecule has 0 amide bonds. The zero-order valence-electron chi connectivity index (χ0n) is 9.93. The monoisotopic (exact) mass is 243 g/mol. The minimum atomic E-state index is -0.921.